The van der Waals surface area contributed by atoms with Gasteiger partial charge in [-0.25, -0.2) is 8.42 Å². The number of carbonyl (C=O) groups excluding carboxylic acids is 1. The van der Waals surface area contributed by atoms with Crippen molar-refractivity contribution in [1.29, 1.82) is 0 Å². The molecule has 0 bridgehead atoms. The van der Waals surface area contributed by atoms with Crippen LogP contribution in [0.3, 0.4) is 0 Å². The molecule has 6 nitrogen and oxygen atoms in total. The fourth-order valence-electron chi connectivity index (χ4n) is 3.92. The van der Waals surface area contributed by atoms with Crippen LogP contribution in [0.2, 0.25) is 0 Å². The number of likely N-dealkylation sites (tertiary alicyclic amines) is 1. The highest BCUT2D eigenvalue weighted by atomic mass is 32.2. The molecule has 1 unspecified atom stereocenters. The van der Waals surface area contributed by atoms with Gasteiger partial charge in [0.15, 0.2) is 6.54 Å². The first-order valence-electron chi connectivity index (χ1n) is 9.54. The van der Waals surface area contributed by atoms with Gasteiger partial charge >= 0.3 is 0 Å². The number of carbonyl (C=O) groups is 1. The number of quaternary nitrogens is 1. The van der Waals surface area contributed by atoms with Crippen LogP contribution < -0.4 is 4.90 Å². The molecule has 2 aliphatic heterocycles. The summed E-state index contributed by atoms with van der Waals surface area (Å²) in [7, 11) is -3.47. The van der Waals surface area contributed by atoms with Crippen LogP contribution in [0.25, 0.3) is 0 Å². The monoisotopic (exact) mass is 380 g/mol. The number of piperazine rings is 1. The highest BCUT2D eigenvalue weighted by molar-refractivity contribution is 7.89. The zero-order valence-electron chi connectivity index (χ0n) is 15.8. The normalized spacial score (nSPS) is 25.2. The molecule has 1 N–H and O–H groups in total. The maximum absolute atomic E-state index is 12.7. The first kappa shape index (κ1) is 19.3. The third-order valence-corrected chi connectivity index (χ3v) is 7.43. The molecule has 144 valence electrons. The Balaban J connectivity index is 1.55. The molecular weight excluding hydrogens is 350 g/mol. The molecule has 0 aromatic heterocycles. The summed E-state index contributed by atoms with van der Waals surface area (Å²) in [4.78, 5) is 16.1. The first-order valence-corrected chi connectivity index (χ1v) is 11.0. The van der Waals surface area contributed by atoms with E-state index in [4.69, 9.17) is 0 Å². The van der Waals surface area contributed by atoms with Crippen molar-refractivity contribution in [2.75, 3.05) is 45.8 Å². The van der Waals surface area contributed by atoms with Crippen molar-refractivity contribution >= 4 is 15.9 Å². The Hall–Kier alpha value is -1.44. The molecule has 1 aromatic carbocycles. The third-order valence-electron chi connectivity index (χ3n) is 5.52. The molecule has 0 aliphatic carbocycles. The van der Waals surface area contributed by atoms with E-state index in [1.54, 1.807) is 12.1 Å². The molecule has 0 saturated carbocycles. The van der Waals surface area contributed by atoms with E-state index >= 15 is 0 Å². The molecule has 1 aromatic rings. The lowest BCUT2D eigenvalue weighted by atomic mass is 10.0. The van der Waals surface area contributed by atoms with Gasteiger partial charge in [0.2, 0.25) is 10.0 Å². The van der Waals surface area contributed by atoms with Gasteiger partial charge in [-0.05, 0) is 31.9 Å². The van der Waals surface area contributed by atoms with E-state index in [9.17, 15) is 13.2 Å². The molecule has 2 atom stereocenters. The number of sulfonamides is 1. The Bertz CT molecular complexity index is 725. The van der Waals surface area contributed by atoms with Crippen molar-refractivity contribution < 1.29 is 18.1 Å². The Morgan fingerprint density at radius 2 is 1.81 bits per heavy atom. The van der Waals surface area contributed by atoms with Gasteiger partial charge < -0.3 is 9.80 Å². The summed E-state index contributed by atoms with van der Waals surface area (Å²) < 4.78 is 27.0. The summed E-state index contributed by atoms with van der Waals surface area (Å²) in [6.07, 6.45) is 2.44. The number of piperidine rings is 1. The molecule has 2 saturated heterocycles. The van der Waals surface area contributed by atoms with Crippen molar-refractivity contribution in [1.82, 2.24) is 9.21 Å². The number of nitrogens with zero attached hydrogens (tertiary/aromatic N) is 2. The van der Waals surface area contributed by atoms with Gasteiger partial charge in [-0.15, -0.1) is 0 Å². The van der Waals surface area contributed by atoms with E-state index < -0.39 is 10.0 Å². The number of hydrogen-bond acceptors (Lipinski definition) is 3. The van der Waals surface area contributed by atoms with Gasteiger partial charge in [0.25, 0.3) is 5.91 Å². The second-order valence-electron chi connectivity index (χ2n) is 7.73. The van der Waals surface area contributed by atoms with Crippen LogP contribution >= 0.6 is 0 Å². The van der Waals surface area contributed by atoms with Crippen LogP contribution in [0.4, 0.5) is 0 Å². The zero-order chi connectivity index (χ0) is 18.7. The fourth-order valence-corrected chi connectivity index (χ4v) is 5.34. The summed E-state index contributed by atoms with van der Waals surface area (Å²) in [6, 6.07) is 6.94. The molecule has 7 heteroatoms. The van der Waals surface area contributed by atoms with E-state index in [-0.39, 0.29) is 5.91 Å². The van der Waals surface area contributed by atoms with Gasteiger partial charge in [0.05, 0.1) is 18.0 Å². The van der Waals surface area contributed by atoms with Crippen LogP contribution in [0.5, 0.6) is 0 Å². The van der Waals surface area contributed by atoms with E-state index in [1.807, 2.05) is 24.0 Å². The third kappa shape index (κ3) is 4.45. The largest absolute Gasteiger partial charge is 0.335 e. The van der Waals surface area contributed by atoms with Crippen molar-refractivity contribution in [2.24, 2.45) is 5.92 Å². The van der Waals surface area contributed by atoms with E-state index in [1.165, 1.54) is 22.0 Å². The van der Waals surface area contributed by atoms with Crippen LogP contribution in [-0.2, 0) is 14.8 Å². The Kier molecular flexibility index (Phi) is 5.99. The molecule has 2 fully saturated rings. The molecule has 26 heavy (non-hydrogen) atoms. The van der Waals surface area contributed by atoms with Gasteiger partial charge in [-0.3, -0.25) is 4.79 Å². The van der Waals surface area contributed by atoms with E-state index in [0.29, 0.717) is 43.5 Å². The van der Waals surface area contributed by atoms with Gasteiger partial charge in [0.1, 0.15) is 0 Å². The molecule has 2 aliphatic rings. The highest BCUT2D eigenvalue weighted by Crippen LogP contribution is 2.18. The maximum Gasteiger partial charge on any atom is 0.277 e. The predicted octanol–water partition coefficient (Wildman–Crippen LogP) is 0.143. The topological polar surface area (TPSA) is 62.1 Å². The average molecular weight is 381 g/mol. The minimum Gasteiger partial charge on any atom is -0.335 e. The Labute approximate surface area is 156 Å². The molecule has 3 rings (SSSR count). The van der Waals surface area contributed by atoms with E-state index in [0.717, 1.165) is 18.7 Å². The number of benzene rings is 1. The molecular formula is C19H30N3O3S+. The standard InChI is InChI=1S/C19H29N3O3S/c1-16-5-7-18(8-6-16)26(24,25)22-12-10-21(11-13-22)19(23)15-20-9-3-4-17(2)14-20/h5-8,17H,3-4,9-15H2,1-2H3/p+1/t17-/m0/s1. The molecule has 1 amide bonds. The number of rotatable bonds is 4. The number of hydrogen-bond donors (Lipinski definition) is 1. The smallest absolute Gasteiger partial charge is 0.277 e. The van der Waals surface area contributed by atoms with Crippen LogP contribution in [0.15, 0.2) is 29.2 Å². The van der Waals surface area contributed by atoms with Crippen molar-refractivity contribution in [3.05, 3.63) is 29.8 Å². The minimum atomic E-state index is -3.47. The lowest BCUT2D eigenvalue weighted by molar-refractivity contribution is -0.900. The molecule has 2 heterocycles. The maximum atomic E-state index is 12.7. The van der Waals surface area contributed by atoms with E-state index in [2.05, 4.69) is 6.92 Å². The Morgan fingerprint density at radius 3 is 2.42 bits per heavy atom. The lowest BCUT2D eigenvalue weighted by Gasteiger charge is -2.35. The predicted molar refractivity (Wildman–Crippen MR) is 100 cm³/mol. The van der Waals surface area contributed by atoms with Crippen molar-refractivity contribution in [3.8, 4) is 0 Å². The zero-order valence-corrected chi connectivity index (χ0v) is 16.6. The van der Waals surface area contributed by atoms with Crippen LogP contribution in [0, 0.1) is 12.8 Å². The summed E-state index contributed by atoms with van der Waals surface area (Å²) in [5.74, 6) is 0.838. The molecule has 0 spiro atoms. The second-order valence-corrected chi connectivity index (χ2v) is 9.66. The summed E-state index contributed by atoms with van der Waals surface area (Å²) >= 11 is 0. The van der Waals surface area contributed by atoms with Crippen molar-refractivity contribution in [2.45, 2.75) is 31.6 Å². The highest BCUT2D eigenvalue weighted by Gasteiger charge is 2.31. The van der Waals surface area contributed by atoms with Crippen molar-refractivity contribution in [3.63, 3.8) is 0 Å². The second kappa shape index (κ2) is 8.06. The molecule has 0 radical (unpaired) electrons. The summed E-state index contributed by atoms with van der Waals surface area (Å²) in [6.45, 7) is 8.55. The number of aryl methyl sites for hydroxylation is 1. The van der Waals surface area contributed by atoms with Crippen LogP contribution in [-0.4, -0.2) is 69.3 Å². The first-order chi connectivity index (χ1) is 12.4. The van der Waals surface area contributed by atoms with Crippen LogP contribution in [0.1, 0.15) is 25.3 Å². The summed E-state index contributed by atoms with van der Waals surface area (Å²) in [5.41, 5.74) is 1.04. The SMILES string of the molecule is Cc1ccc(S(=O)(=O)N2CCN(C(=O)C[NH+]3CCC[C@H](C)C3)CC2)cc1. The van der Waals surface area contributed by atoms with Gasteiger partial charge in [0, 0.05) is 32.1 Å². The minimum absolute atomic E-state index is 0.154. The summed E-state index contributed by atoms with van der Waals surface area (Å²) in [5, 5.41) is 0. The lowest BCUT2D eigenvalue weighted by Crippen LogP contribution is -3.14. The number of nitrogens with one attached hydrogen (secondary N) is 1. The van der Waals surface area contributed by atoms with Gasteiger partial charge in [-0.1, -0.05) is 24.6 Å². The van der Waals surface area contributed by atoms with Gasteiger partial charge in [-0.2, -0.15) is 4.31 Å². The quantitative estimate of drug-likeness (QED) is 0.809. The average Bonchev–Trinajstić information content (AvgIpc) is 2.62. The fraction of sp³-hybridized carbons (Fsp3) is 0.632. The Morgan fingerprint density at radius 1 is 1.15 bits per heavy atom. The number of amides is 1.